The highest BCUT2D eigenvalue weighted by Crippen LogP contribution is 2.17. The van der Waals surface area contributed by atoms with E-state index in [0.29, 0.717) is 6.61 Å². The van der Waals surface area contributed by atoms with Gasteiger partial charge in [-0.05, 0) is 42.2 Å². The molecule has 1 aromatic carbocycles. The van der Waals surface area contributed by atoms with Crippen molar-refractivity contribution in [1.29, 1.82) is 0 Å². The number of aliphatic carboxylic acids is 1. The summed E-state index contributed by atoms with van der Waals surface area (Å²) in [5, 5.41) is 11.8. The van der Waals surface area contributed by atoms with Gasteiger partial charge in [0.15, 0.2) is 0 Å². The molecule has 0 fully saturated rings. The standard InChI is InChI=1S/C19H24N2O3/c1-14(13-19(22)23)12-15-6-8-17(9-7-15)24-11-10-16-4-3-5-18(20-2)21-16/h3-9,14H,10-13H2,1-2H3,(H,20,21)(H,22,23). The van der Waals surface area contributed by atoms with Crippen molar-refractivity contribution >= 4 is 11.8 Å². The first-order valence-corrected chi connectivity index (χ1v) is 8.14. The minimum absolute atomic E-state index is 0.125. The Bertz CT molecular complexity index is 656. The third-order valence-electron chi connectivity index (χ3n) is 3.72. The molecule has 24 heavy (non-hydrogen) atoms. The van der Waals surface area contributed by atoms with Gasteiger partial charge < -0.3 is 15.2 Å². The van der Waals surface area contributed by atoms with Crippen LogP contribution in [0.4, 0.5) is 5.82 Å². The zero-order valence-electron chi connectivity index (χ0n) is 14.2. The van der Waals surface area contributed by atoms with E-state index in [9.17, 15) is 4.79 Å². The van der Waals surface area contributed by atoms with E-state index in [0.717, 1.165) is 35.7 Å². The Hall–Kier alpha value is -2.56. The fourth-order valence-corrected chi connectivity index (χ4v) is 2.53. The molecule has 0 aliphatic rings. The molecule has 0 amide bonds. The van der Waals surface area contributed by atoms with Crippen LogP contribution in [0, 0.1) is 5.92 Å². The second kappa shape index (κ2) is 8.91. The van der Waals surface area contributed by atoms with Crippen LogP contribution in [0.2, 0.25) is 0 Å². The van der Waals surface area contributed by atoms with Crippen LogP contribution in [-0.4, -0.2) is 29.7 Å². The van der Waals surface area contributed by atoms with Crippen LogP contribution >= 0.6 is 0 Å². The third-order valence-corrected chi connectivity index (χ3v) is 3.72. The van der Waals surface area contributed by atoms with Crippen molar-refractivity contribution in [1.82, 2.24) is 4.98 Å². The Kier molecular flexibility index (Phi) is 6.61. The molecule has 2 rings (SSSR count). The lowest BCUT2D eigenvalue weighted by Crippen LogP contribution is -2.07. The summed E-state index contributed by atoms with van der Waals surface area (Å²) in [5.41, 5.74) is 2.11. The van der Waals surface area contributed by atoms with Gasteiger partial charge in [-0.15, -0.1) is 0 Å². The van der Waals surface area contributed by atoms with Gasteiger partial charge in [-0.25, -0.2) is 4.98 Å². The average Bonchev–Trinajstić information content (AvgIpc) is 2.56. The number of carbonyl (C=O) groups is 1. The molecule has 0 saturated heterocycles. The molecule has 0 bridgehead atoms. The van der Waals surface area contributed by atoms with Gasteiger partial charge in [0.1, 0.15) is 11.6 Å². The van der Waals surface area contributed by atoms with Crippen molar-refractivity contribution in [3.05, 3.63) is 53.7 Å². The van der Waals surface area contributed by atoms with Crippen molar-refractivity contribution in [3.8, 4) is 5.75 Å². The highest BCUT2D eigenvalue weighted by atomic mass is 16.5. The van der Waals surface area contributed by atoms with Crippen LogP contribution in [0.15, 0.2) is 42.5 Å². The van der Waals surface area contributed by atoms with E-state index >= 15 is 0 Å². The molecule has 2 aromatic rings. The fraction of sp³-hybridized carbons (Fsp3) is 0.368. The second-order valence-corrected chi connectivity index (χ2v) is 5.91. The van der Waals surface area contributed by atoms with Crippen LogP contribution < -0.4 is 10.1 Å². The maximum Gasteiger partial charge on any atom is 0.303 e. The van der Waals surface area contributed by atoms with E-state index in [1.54, 1.807) is 0 Å². The Morgan fingerprint density at radius 1 is 1.25 bits per heavy atom. The molecular formula is C19H24N2O3. The molecule has 0 aliphatic heterocycles. The van der Waals surface area contributed by atoms with Crippen LogP contribution in [0.25, 0.3) is 0 Å². The number of hydrogen-bond donors (Lipinski definition) is 2. The lowest BCUT2D eigenvalue weighted by molar-refractivity contribution is -0.137. The normalized spacial score (nSPS) is 11.8. The summed E-state index contributed by atoms with van der Waals surface area (Å²) in [7, 11) is 1.85. The third kappa shape index (κ3) is 5.91. The van der Waals surface area contributed by atoms with Crippen molar-refractivity contribution < 1.29 is 14.6 Å². The van der Waals surface area contributed by atoms with Gasteiger partial charge in [-0.1, -0.05) is 25.1 Å². The van der Waals surface area contributed by atoms with Gasteiger partial charge in [-0.2, -0.15) is 0 Å². The molecular weight excluding hydrogens is 304 g/mol. The largest absolute Gasteiger partial charge is 0.493 e. The maximum absolute atomic E-state index is 10.7. The molecule has 1 heterocycles. The zero-order valence-corrected chi connectivity index (χ0v) is 14.2. The average molecular weight is 328 g/mol. The highest BCUT2D eigenvalue weighted by molar-refractivity contribution is 5.67. The van der Waals surface area contributed by atoms with Gasteiger partial charge in [0.2, 0.25) is 0 Å². The Labute approximate surface area is 142 Å². The predicted octanol–water partition coefficient (Wildman–Crippen LogP) is 3.40. The number of carboxylic acid groups (broad SMARTS) is 1. The SMILES string of the molecule is CNc1cccc(CCOc2ccc(CC(C)CC(=O)O)cc2)n1. The van der Waals surface area contributed by atoms with E-state index in [-0.39, 0.29) is 12.3 Å². The van der Waals surface area contributed by atoms with Crippen LogP contribution in [0.1, 0.15) is 24.6 Å². The molecule has 5 nitrogen and oxygen atoms in total. The molecule has 1 unspecified atom stereocenters. The van der Waals surface area contributed by atoms with E-state index in [2.05, 4.69) is 10.3 Å². The first-order chi connectivity index (χ1) is 11.6. The van der Waals surface area contributed by atoms with E-state index in [1.165, 1.54) is 0 Å². The molecule has 1 atom stereocenters. The second-order valence-electron chi connectivity index (χ2n) is 5.91. The summed E-state index contributed by atoms with van der Waals surface area (Å²) in [4.78, 5) is 15.2. The van der Waals surface area contributed by atoms with Gasteiger partial charge >= 0.3 is 5.97 Å². The molecule has 0 spiro atoms. The number of ether oxygens (including phenoxy) is 1. The van der Waals surface area contributed by atoms with Gasteiger partial charge in [0, 0.05) is 25.6 Å². The molecule has 0 saturated carbocycles. The summed E-state index contributed by atoms with van der Waals surface area (Å²) < 4.78 is 5.75. The number of pyridine rings is 1. The number of aromatic nitrogens is 1. The summed E-state index contributed by atoms with van der Waals surface area (Å²) in [5.74, 6) is 1.04. The molecule has 128 valence electrons. The topological polar surface area (TPSA) is 71.5 Å². The number of benzene rings is 1. The molecule has 0 aliphatic carbocycles. The predicted molar refractivity (Wildman–Crippen MR) is 94.5 cm³/mol. The first-order valence-electron chi connectivity index (χ1n) is 8.14. The first kappa shape index (κ1) is 17.8. The number of nitrogens with zero attached hydrogens (tertiary/aromatic N) is 1. The van der Waals surface area contributed by atoms with E-state index in [1.807, 2.05) is 56.4 Å². The zero-order chi connectivity index (χ0) is 17.4. The summed E-state index contributed by atoms with van der Waals surface area (Å²) in [6, 6.07) is 13.7. The van der Waals surface area contributed by atoms with E-state index < -0.39 is 5.97 Å². The maximum atomic E-state index is 10.7. The lowest BCUT2D eigenvalue weighted by Gasteiger charge is -2.10. The summed E-state index contributed by atoms with van der Waals surface area (Å²) in [6.07, 6.45) is 1.69. The molecule has 5 heteroatoms. The minimum atomic E-state index is -0.751. The number of carboxylic acids is 1. The van der Waals surface area contributed by atoms with Crippen molar-refractivity contribution in [2.24, 2.45) is 5.92 Å². The number of anilines is 1. The molecule has 0 radical (unpaired) electrons. The van der Waals surface area contributed by atoms with Crippen molar-refractivity contribution in [3.63, 3.8) is 0 Å². The fourth-order valence-electron chi connectivity index (χ4n) is 2.53. The van der Waals surface area contributed by atoms with Crippen LogP contribution in [-0.2, 0) is 17.6 Å². The smallest absolute Gasteiger partial charge is 0.303 e. The Balaban J connectivity index is 1.80. The highest BCUT2D eigenvalue weighted by Gasteiger charge is 2.08. The van der Waals surface area contributed by atoms with Gasteiger partial charge in [-0.3, -0.25) is 4.79 Å². The molecule has 2 N–H and O–H groups in total. The van der Waals surface area contributed by atoms with Gasteiger partial charge in [0.25, 0.3) is 0 Å². The summed E-state index contributed by atoms with van der Waals surface area (Å²) in [6.45, 7) is 2.51. The van der Waals surface area contributed by atoms with Crippen LogP contribution in [0.5, 0.6) is 5.75 Å². The Morgan fingerprint density at radius 2 is 2.00 bits per heavy atom. The van der Waals surface area contributed by atoms with Crippen molar-refractivity contribution in [2.45, 2.75) is 26.2 Å². The quantitative estimate of drug-likeness (QED) is 0.738. The van der Waals surface area contributed by atoms with Gasteiger partial charge in [0.05, 0.1) is 6.61 Å². The van der Waals surface area contributed by atoms with Crippen molar-refractivity contribution in [2.75, 3.05) is 19.0 Å². The number of hydrogen-bond acceptors (Lipinski definition) is 4. The minimum Gasteiger partial charge on any atom is -0.493 e. The lowest BCUT2D eigenvalue weighted by atomic mass is 9.98. The Morgan fingerprint density at radius 3 is 2.67 bits per heavy atom. The monoisotopic (exact) mass is 328 g/mol. The number of nitrogens with one attached hydrogen (secondary N) is 1. The number of rotatable bonds is 9. The summed E-state index contributed by atoms with van der Waals surface area (Å²) >= 11 is 0. The van der Waals surface area contributed by atoms with Crippen LogP contribution in [0.3, 0.4) is 0 Å². The molecule has 1 aromatic heterocycles. The van der Waals surface area contributed by atoms with E-state index in [4.69, 9.17) is 9.84 Å².